The van der Waals surface area contributed by atoms with Crippen LogP contribution in [0.5, 0.6) is 0 Å². The van der Waals surface area contributed by atoms with E-state index in [-0.39, 0.29) is 6.10 Å². The Morgan fingerprint density at radius 1 is 1.41 bits per heavy atom. The van der Waals surface area contributed by atoms with Crippen molar-refractivity contribution in [3.05, 3.63) is 34.5 Å². The summed E-state index contributed by atoms with van der Waals surface area (Å²) in [6.45, 7) is 8.83. The minimum atomic E-state index is -5.08. The lowest BCUT2D eigenvalue weighted by molar-refractivity contribution is -0.192. The zero-order valence-corrected chi connectivity index (χ0v) is 15.1. The first-order valence-electron chi connectivity index (χ1n) is 8.15. The van der Waals surface area contributed by atoms with E-state index in [9.17, 15) is 13.2 Å². The molecule has 1 atom stereocenters. The van der Waals surface area contributed by atoms with Crippen LogP contribution in [0.3, 0.4) is 0 Å². The maximum Gasteiger partial charge on any atom is 0.490 e. The molecule has 0 amide bonds. The van der Waals surface area contributed by atoms with Gasteiger partial charge in [0.1, 0.15) is 11.5 Å². The number of nitrogens with one attached hydrogen (secondary N) is 1. The van der Waals surface area contributed by atoms with Crippen LogP contribution in [0.25, 0.3) is 0 Å². The molecule has 0 fully saturated rings. The number of hydrogen-bond acceptors (Lipinski definition) is 6. The molecule has 0 bridgehead atoms. The lowest BCUT2D eigenvalue weighted by Gasteiger charge is -2.24. The number of fused-ring (bicyclic) bond motifs is 1. The monoisotopic (exact) mass is 390 g/mol. The molecule has 3 heterocycles. The van der Waals surface area contributed by atoms with Crippen molar-refractivity contribution in [1.29, 1.82) is 0 Å². The van der Waals surface area contributed by atoms with E-state index in [2.05, 4.69) is 28.6 Å². The predicted octanol–water partition coefficient (Wildman–Crippen LogP) is 2.12. The summed E-state index contributed by atoms with van der Waals surface area (Å²) < 4.78 is 45.1. The molecular weight excluding hydrogens is 369 g/mol. The summed E-state index contributed by atoms with van der Waals surface area (Å²) in [4.78, 5) is 8.90. The summed E-state index contributed by atoms with van der Waals surface area (Å²) in [6, 6.07) is 2.07. The van der Waals surface area contributed by atoms with Gasteiger partial charge in [0.15, 0.2) is 0 Å². The first kappa shape index (κ1) is 20.9. The van der Waals surface area contributed by atoms with E-state index < -0.39 is 12.1 Å². The second-order valence-corrected chi connectivity index (χ2v) is 6.12. The highest BCUT2D eigenvalue weighted by atomic mass is 19.4. The first-order valence-corrected chi connectivity index (χ1v) is 8.15. The molecule has 2 N–H and O–H groups in total. The second-order valence-electron chi connectivity index (χ2n) is 6.12. The van der Waals surface area contributed by atoms with Crippen LogP contribution in [0.2, 0.25) is 0 Å². The van der Waals surface area contributed by atoms with Crippen molar-refractivity contribution in [2.75, 3.05) is 6.54 Å². The van der Waals surface area contributed by atoms with E-state index in [1.807, 2.05) is 18.5 Å². The highest BCUT2D eigenvalue weighted by molar-refractivity contribution is 5.73. The van der Waals surface area contributed by atoms with Gasteiger partial charge in [0, 0.05) is 6.54 Å². The quantitative estimate of drug-likeness (QED) is 0.824. The number of carboxylic acids is 1. The van der Waals surface area contributed by atoms with Crippen LogP contribution in [-0.2, 0) is 29.2 Å². The summed E-state index contributed by atoms with van der Waals surface area (Å²) in [5.74, 6) is -0.806. The number of aryl methyl sites for hydroxylation is 3. The van der Waals surface area contributed by atoms with E-state index >= 15 is 0 Å². The molecule has 27 heavy (non-hydrogen) atoms. The molecule has 11 heteroatoms. The van der Waals surface area contributed by atoms with Crippen LogP contribution >= 0.6 is 0 Å². The van der Waals surface area contributed by atoms with E-state index in [4.69, 9.17) is 19.1 Å². The summed E-state index contributed by atoms with van der Waals surface area (Å²) in [7, 11) is 0. The highest BCUT2D eigenvalue weighted by Crippen LogP contribution is 2.16. The van der Waals surface area contributed by atoms with E-state index in [0.29, 0.717) is 6.61 Å². The minimum Gasteiger partial charge on any atom is -0.475 e. The fourth-order valence-corrected chi connectivity index (χ4v) is 2.40. The molecule has 150 valence electrons. The van der Waals surface area contributed by atoms with Gasteiger partial charge in [0.2, 0.25) is 0 Å². The van der Waals surface area contributed by atoms with Gasteiger partial charge in [0.05, 0.1) is 37.2 Å². The van der Waals surface area contributed by atoms with Gasteiger partial charge in [-0.2, -0.15) is 13.2 Å². The maximum absolute atomic E-state index is 10.6. The lowest BCUT2D eigenvalue weighted by atomic mass is 10.2. The summed E-state index contributed by atoms with van der Waals surface area (Å²) in [6.07, 6.45) is -4.96. The number of aromatic nitrogens is 3. The third-order valence-corrected chi connectivity index (χ3v) is 3.99. The van der Waals surface area contributed by atoms with Gasteiger partial charge in [-0.3, -0.25) is 0 Å². The number of alkyl halides is 3. The van der Waals surface area contributed by atoms with Crippen LogP contribution < -0.4 is 5.32 Å². The highest BCUT2D eigenvalue weighted by Gasteiger charge is 2.38. The van der Waals surface area contributed by atoms with E-state index in [0.717, 1.165) is 42.5 Å². The van der Waals surface area contributed by atoms with Gasteiger partial charge in [-0.1, -0.05) is 5.21 Å². The topological polar surface area (TPSA) is 102 Å². The summed E-state index contributed by atoms with van der Waals surface area (Å²) >= 11 is 0. The van der Waals surface area contributed by atoms with Crippen molar-refractivity contribution < 1.29 is 32.2 Å². The van der Waals surface area contributed by atoms with Crippen molar-refractivity contribution >= 4 is 5.97 Å². The third-order valence-electron chi connectivity index (χ3n) is 3.99. The zero-order valence-electron chi connectivity index (χ0n) is 15.1. The molecule has 0 aromatic carbocycles. The van der Waals surface area contributed by atoms with Crippen molar-refractivity contribution in [3.8, 4) is 0 Å². The van der Waals surface area contributed by atoms with E-state index in [1.165, 1.54) is 5.56 Å². The second kappa shape index (κ2) is 8.53. The number of furan rings is 1. The molecule has 0 saturated heterocycles. The Bertz CT molecular complexity index is 766. The number of rotatable bonds is 4. The Kier molecular flexibility index (Phi) is 6.60. The molecule has 1 aliphatic heterocycles. The number of hydrogen-bond donors (Lipinski definition) is 2. The molecule has 2 aromatic heterocycles. The number of carboxylic acid groups (broad SMARTS) is 1. The minimum absolute atomic E-state index is 0.126. The number of halogens is 3. The molecule has 1 aliphatic rings. The number of aliphatic carboxylic acids is 1. The van der Waals surface area contributed by atoms with Gasteiger partial charge in [-0.05, 0) is 32.4 Å². The Labute approximate surface area is 153 Å². The molecule has 0 spiro atoms. The Hall–Kier alpha value is -2.40. The van der Waals surface area contributed by atoms with E-state index in [1.54, 1.807) is 0 Å². The van der Waals surface area contributed by atoms with Crippen LogP contribution in [0, 0.1) is 20.8 Å². The van der Waals surface area contributed by atoms with Crippen LogP contribution in [0.1, 0.15) is 28.5 Å². The fraction of sp³-hybridized carbons (Fsp3) is 0.562. The molecule has 3 rings (SSSR count). The van der Waals surface area contributed by atoms with Crippen molar-refractivity contribution in [3.63, 3.8) is 0 Å². The smallest absolute Gasteiger partial charge is 0.475 e. The Morgan fingerprint density at radius 2 is 2.07 bits per heavy atom. The number of ether oxygens (including phenoxy) is 1. The first-order chi connectivity index (χ1) is 12.6. The number of nitrogens with zero attached hydrogens (tertiary/aromatic N) is 3. The third kappa shape index (κ3) is 5.79. The number of carbonyl (C=O) groups is 1. The molecule has 0 radical (unpaired) electrons. The molecule has 8 nitrogen and oxygen atoms in total. The molecule has 1 unspecified atom stereocenters. The standard InChI is InChI=1S/C14H20N4O2.C2HF3O2/c1-9-4-12(20-11(9)3)5-15-6-13-7-18-14(8-19-13)10(2)16-17-18;3-2(4,5)1(6)7/h4,13,15H,5-8H2,1-3H3;(H,6,7). The summed E-state index contributed by atoms with van der Waals surface area (Å²) in [5, 5.41) is 18.7. The Morgan fingerprint density at radius 3 is 2.63 bits per heavy atom. The van der Waals surface area contributed by atoms with Gasteiger partial charge in [0.25, 0.3) is 0 Å². The molecule has 0 aliphatic carbocycles. The normalized spacial score (nSPS) is 16.4. The largest absolute Gasteiger partial charge is 0.490 e. The molecule has 2 aromatic rings. The predicted molar refractivity (Wildman–Crippen MR) is 86.9 cm³/mol. The van der Waals surface area contributed by atoms with Crippen molar-refractivity contribution in [1.82, 2.24) is 20.3 Å². The lowest BCUT2D eigenvalue weighted by Crippen LogP contribution is -2.36. The van der Waals surface area contributed by atoms with Crippen LogP contribution in [0.4, 0.5) is 13.2 Å². The molecule has 0 saturated carbocycles. The zero-order chi connectivity index (χ0) is 20.2. The average Bonchev–Trinajstić information content (AvgIpc) is 3.10. The van der Waals surface area contributed by atoms with Gasteiger partial charge >= 0.3 is 12.1 Å². The SMILES string of the molecule is Cc1cc(CNCC2Cn3nnc(C)c3CO2)oc1C.O=C(O)C(F)(F)F. The van der Waals surface area contributed by atoms with Crippen LogP contribution in [0.15, 0.2) is 10.5 Å². The van der Waals surface area contributed by atoms with Crippen molar-refractivity contribution in [2.45, 2.75) is 52.7 Å². The van der Waals surface area contributed by atoms with Crippen LogP contribution in [-0.4, -0.2) is 44.9 Å². The van der Waals surface area contributed by atoms with Gasteiger partial charge in [-0.25, -0.2) is 9.48 Å². The maximum atomic E-state index is 10.6. The van der Waals surface area contributed by atoms with Gasteiger partial charge in [-0.15, -0.1) is 5.10 Å². The fourth-order valence-electron chi connectivity index (χ4n) is 2.40. The van der Waals surface area contributed by atoms with Crippen molar-refractivity contribution in [2.24, 2.45) is 0 Å². The molecular formula is C16H21F3N4O4. The average molecular weight is 390 g/mol. The Balaban J connectivity index is 0.000000321. The van der Waals surface area contributed by atoms with Gasteiger partial charge < -0.3 is 19.6 Å². The summed E-state index contributed by atoms with van der Waals surface area (Å²) in [5.41, 5.74) is 3.23.